The standard InChI is InChI=1S/C14H15N3O/c1-9-6-13(15)17(16-9)14(18)12-7-10-4-2-3-5-11(10)8-12/h2-6,12H,7-8,15H2,1H3. The maximum atomic E-state index is 12.4. The van der Waals surface area contributed by atoms with Gasteiger partial charge in [0.15, 0.2) is 0 Å². The third kappa shape index (κ3) is 1.70. The molecule has 0 amide bonds. The van der Waals surface area contributed by atoms with E-state index in [-0.39, 0.29) is 11.8 Å². The molecule has 0 saturated carbocycles. The fourth-order valence-corrected chi connectivity index (χ4v) is 2.60. The average molecular weight is 241 g/mol. The number of anilines is 1. The highest BCUT2D eigenvalue weighted by molar-refractivity contribution is 5.84. The Morgan fingerprint density at radius 1 is 1.33 bits per heavy atom. The van der Waals surface area contributed by atoms with Crippen molar-refractivity contribution in [1.82, 2.24) is 9.78 Å². The first kappa shape index (κ1) is 11.0. The van der Waals surface area contributed by atoms with Crippen molar-refractivity contribution in [3.8, 4) is 0 Å². The highest BCUT2D eigenvalue weighted by Gasteiger charge is 2.29. The Morgan fingerprint density at radius 3 is 2.44 bits per heavy atom. The summed E-state index contributed by atoms with van der Waals surface area (Å²) in [7, 11) is 0. The van der Waals surface area contributed by atoms with Crippen LogP contribution in [0.4, 0.5) is 5.82 Å². The van der Waals surface area contributed by atoms with E-state index in [2.05, 4.69) is 17.2 Å². The summed E-state index contributed by atoms with van der Waals surface area (Å²) in [6.45, 7) is 1.84. The molecule has 18 heavy (non-hydrogen) atoms. The first-order valence-electron chi connectivity index (χ1n) is 6.08. The predicted molar refractivity (Wildman–Crippen MR) is 69.3 cm³/mol. The summed E-state index contributed by atoms with van der Waals surface area (Å²) in [5.41, 5.74) is 9.09. The molecule has 0 unspecified atom stereocenters. The number of hydrogen-bond donors (Lipinski definition) is 1. The smallest absolute Gasteiger partial charge is 0.252 e. The Hall–Kier alpha value is -2.10. The zero-order valence-corrected chi connectivity index (χ0v) is 10.3. The molecule has 92 valence electrons. The number of nitrogens with zero attached hydrogens (tertiary/aromatic N) is 2. The molecule has 4 heteroatoms. The topological polar surface area (TPSA) is 60.9 Å². The van der Waals surface area contributed by atoms with Crippen LogP contribution in [0.5, 0.6) is 0 Å². The molecule has 4 nitrogen and oxygen atoms in total. The van der Waals surface area contributed by atoms with Crippen LogP contribution in [0.3, 0.4) is 0 Å². The van der Waals surface area contributed by atoms with Crippen LogP contribution in [0.15, 0.2) is 30.3 Å². The van der Waals surface area contributed by atoms with Gasteiger partial charge in [0.2, 0.25) is 0 Å². The molecule has 1 heterocycles. The number of fused-ring (bicyclic) bond motifs is 1. The van der Waals surface area contributed by atoms with E-state index in [9.17, 15) is 4.79 Å². The average Bonchev–Trinajstić information content (AvgIpc) is 2.91. The molecule has 0 atom stereocenters. The lowest BCUT2D eigenvalue weighted by Crippen LogP contribution is -2.24. The second-order valence-electron chi connectivity index (χ2n) is 4.83. The minimum atomic E-state index is -0.0380. The van der Waals surface area contributed by atoms with E-state index in [1.807, 2.05) is 19.1 Å². The van der Waals surface area contributed by atoms with Crippen molar-refractivity contribution in [3.05, 3.63) is 47.2 Å². The monoisotopic (exact) mass is 241 g/mol. The van der Waals surface area contributed by atoms with Crippen molar-refractivity contribution in [2.24, 2.45) is 5.92 Å². The van der Waals surface area contributed by atoms with Gasteiger partial charge in [-0.3, -0.25) is 4.79 Å². The third-order valence-electron chi connectivity index (χ3n) is 3.47. The molecule has 3 rings (SSSR count). The molecule has 2 aromatic rings. The lowest BCUT2D eigenvalue weighted by atomic mass is 10.1. The second-order valence-corrected chi connectivity index (χ2v) is 4.83. The Morgan fingerprint density at radius 2 is 1.94 bits per heavy atom. The summed E-state index contributed by atoms with van der Waals surface area (Å²) in [5, 5.41) is 4.16. The molecule has 0 aliphatic heterocycles. The Balaban J connectivity index is 1.87. The molecule has 0 spiro atoms. The Kier molecular flexibility index (Phi) is 2.44. The first-order valence-corrected chi connectivity index (χ1v) is 6.08. The maximum Gasteiger partial charge on any atom is 0.252 e. The molecule has 1 aliphatic carbocycles. The summed E-state index contributed by atoms with van der Waals surface area (Å²) >= 11 is 0. The van der Waals surface area contributed by atoms with E-state index in [4.69, 9.17) is 5.73 Å². The van der Waals surface area contributed by atoms with Crippen LogP contribution in [0.2, 0.25) is 0 Å². The number of carbonyl (C=O) groups excluding carboxylic acids is 1. The van der Waals surface area contributed by atoms with E-state index < -0.39 is 0 Å². The van der Waals surface area contributed by atoms with Crippen molar-refractivity contribution >= 4 is 11.7 Å². The van der Waals surface area contributed by atoms with Crippen LogP contribution in [0.1, 0.15) is 21.6 Å². The van der Waals surface area contributed by atoms with Gasteiger partial charge in [0.1, 0.15) is 5.82 Å². The highest BCUT2D eigenvalue weighted by atomic mass is 16.2. The van der Waals surface area contributed by atoms with Crippen LogP contribution in [0, 0.1) is 12.8 Å². The van der Waals surface area contributed by atoms with Gasteiger partial charge in [-0.25, -0.2) is 0 Å². The highest BCUT2D eigenvalue weighted by Crippen LogP contribution is 2.28. The summed E-state index contributed by atoms with van der Waals surface area (Å²) < 4.78 is 1.34. The van der Waals surface area contributed by atoms with Gasteiger partial charge in [0.05, 0.1) is 5.69 Å². The molecular formula is C14H15N3O. The van der Waals surface area contributed by atoms with E-state index in [1.54, 1.807) is 6.07 Å². The van der Waals surface area contributed by atoms with Crippen molar-refractivity contribution in [3.63, 3.8) is 0 Å². The van der Waals surface area contributed by atoms with Gasteiger partial charge in [-0.1, -0.05) is 24.3 Å². The fraction of sp³-hybridized carbons (Fsp3) is 0.286. The zero-order valence-electron chi connectivity index (χ0n) is 10.3. The van der Waals surface area contributed by atoms with Crippen molar-refractivity contribution < 1.29 is 4.79 Å². The van der Waals surface area contributed by atoms with E-state index in [0.29, 0.717) is 5.82 Å². The van der Waals surface area contributed by atoms with Crippen LogP contribution in [-0.2, 0) is 12.8 Å². The Bertz CT molecular complexity index is 590. The van der Waals surface area contributed by atoms with Crippen LogP contribution >= 0.6 is 0 Å². The minimum Gasteiger partial charge on any atom is -0.383 e. The third-order valence-corrected chi connectivity index (χ3v) is 3.47. The molecule has 1 aromatic heterocycles. The molecular weight excluding hydrogens is 226 g/mol. The maximum absolute atomic E-state index is 12.4. The quantitative estimate of drug-likeness (QED) is 0.828. The van der Waals surface area contributed by atoms with Crippen LogP contribution < -0.4 is 5.73 Å². The fourth-order valence-electron chi connectivity index (χ4n) is 2.60. The summed E-state index contributed by atoms with van der Waals surface area (Å²) in [6.07, 6.45) is 1.57. The van der Waals surface area contributed by atoms with E-state index >= 15 is 0 Å². The van der Waals surface area contributed by atoms with Gasteiger partial charge in [0, 0.05) is 12.0 Å². The minimum absolute atomic E-state index is 0.00296. The number of nitrogens with two attached hydrogens (primary N) is 1. The number of benzene rings is 1. The van der Waals surface area contributed by atoms with Crippen molar-refractivity contribution in [1.29, 1.82) is 0 Å². The number of hydrogen-bond acceptors (Lipinski definition) is 3. The van der Waals surface area contributed by atoms with Crippen LogP contribution in [0.25, 0.3) is 0 Å². The van der Waals surface area contributed by atoms with Gasteiger partial charge in [0.25, 0.3) is 5.91 Å². The van der Waals surface area contributed by atoms with Crippen molar-refractivity contribution in [2.75, 3.05) is 5.73 Å². The van der Waals surface area contributed by atoms with Crippen molar-refractivity contribution in [2.45, 2.75) is 19.8 Å². The Labute approximate surface area is 105 Å². The van der Waals surface area contributed by atoms with Crippen LogP contribution in [-0.4, -0.2) is 15.7 Å². The van der Waals surface area contributed by atoms with Gasteiger partial charge in [-0.05, 0) is 30.9 Å². The lowest BCUT2D eigenvalue weighted by molar-refractivity contribution is 0.0825. The largest absolute Gasteiger partial charge is 0.383 e. The number of carbonyl (C=O) groups is 1. The van der Waals surface area contributed by atoms with Gasteiger partial charge in [-0.15, -0.1) is 0 Å². The van der Waals surface area contributed by atoms with Gasteiger partial charge >= 0.3 is 0 Å². The molecule has 1 aliphatic rings. The summed E-state index contributed by atoms with van der Waals surface area (Å²) in [6, 6.07) is 9.91. The number of rotatable bonds is 1. The van der Waals surface area contributed by atoms with Gasteiger partial charge in [-0.2, -0.15) is 9.78 Å². The molecule has 0 saturated heterocycles. The zero-order chi connectivity index (χ0) is 12.7. The molecule has 0 bridgehead atoms. The summed E-state index contributed by atoms with van der Waals surface area (Å²) in [5.74, 6) is 0.384. The number of aryl methyl sites for hydroxylation is 1. The first-order chi connectivity index (χ1) is 8.65. The molecule has 0 radical (unpaired) electrons. The normalized spacial score (nSPS) is 14.7. The number of aromatic nitrogens is 2. The number of nitrogen functional groups attached to an aromatic ring is 1. The summed E-state index contributed by atoms with van der Waals surface area (Å²) in [4.78, 5) is 12.4. The SMILES string of the molecule is Cc1cc(N)n(C(=O)C2Cc3ccccc3C2)n1. The van der Waals surface area contributed by atoms with E-state index in [1.165, 1.54) is 15.8 Å². The molecule has 0 fully saturated rings. The predicted octanol–water partition coefficient (Wildman–Crippen LogP) is 1.83. The second kappa shape index (κ2) is 3.98. The van der Waals surface area contributed by atoms with Gasteiger partial charge < -0.3 is 5.73 Å². The van der Waals surface area contributed by atoms with E-state index in [0.717, 1.165) is 18.5 Å². The molecule has 1 aromatic carbocycles. The lowest BCUT2D eigenvalue weighted by Gasteiger charge is -2.08. The molecule has 2 N–H and O–H groups in total.